The van der Waals surface area contributed by atoms with E-state index in [4.69, 9.17) is 5.73 Å². The third kappa shape index (κ3) is 2.56. The molecule has 2 unspecified atom stereocenters. The summed E-state index contributed by atoms with van der Waals surface area (Å²) >= 11 is 0. The molecule has 0 aromatic heterocycles. The van der Waals surface area contributed by atoms with Crippen LogP contribution in [0.2, 0.25) is 0 Å². The van der Waals surface area contributed by atoms with Gasteiger partial charge in [0.2, 0.25) is 0 Å². The number of nitrogens with two attached hydrogens (primary N) is 1. The molecular weight excluding hydrogens is 196 g/mol. The molecule has 1 aliphatic heterocycles. The second kappa shape index (κ2) is 4.88. The van der Waals surface area contributed by atoms with Crippen molar-refractivity contribution < 1.29 is 0 Å². The first kappa shape index (κ1) is 11.5. The van der Waals surface area contributed by atoms with E-state index >= 15 is 0 Å². The van der Waals surface area contributed by atoms with Crippen LogP contribution in [-0.4, -0.2) is 17.0 Å². The molecule has 1 aromatic carbocycles. The van der Waals surface area contributed by atoms with E-state index in [1.807, 2.05) is 12.1 Å². The van der Waals surface area contributed by atoms with Crippen LogP contribution < -0.4 is 5.73 Å². The molecule has 1 aliphatic rings. The first-order valence-electron chi connectivity index (χ1n) is 6.27. The van der Waals surface area contributed by atoms with Crippen molar-refractivity contribution in [1.29, 1.82) is 0 Å². The summed E-state index contributed by atoms with van der Waals surface area (Å²) in [5, 5.41) is 0. The Hall–Kier alpha value is -1.02. The number of hydrogen-bond acceptors (Lipinski definition) is 2. The molecule has 0 radical (unpaired) electrons. The highest BCUT2D eigenvalue weighted by Gasteiger charge is 2.24. The molecule has 2 N–H and O–H groups in total. The number of benzene rings is 1. The second-order valence-corrected chi connectivity index (χ2v) is 5.05. The quantitative estimate of drug-likeness (QED) is 0.773. The summed E-state index contributed by atoms with van der Waals surface area (Å²) in [6.45, 7) is 5.71. The van der Waals surface area contributed by atoms with Gasteiger partial charge in [0.15, 0.2) is 0 Å². The molecule has 2 rings (SSSR count). The molecular formula is C14H22N2. The fourth-order valence-electron chi connectivity index (χ4n) is 2.69. The Labute approximate surface area is 98.4 Å². The van der Waals surface area contributed by atoms with Crippen molar-refractivity contribution in [3.8, 4) is 0 Å². The number of rotatable bonds is 2. The van der Waals surface area contributed by atoms with Gasteiger partial charge >= 0.3 is 0 Å². The minimum atomic E-state index is 0.699. The molecule has 0 spiro atoms. The Morgan fingerprint density at radius 3 is 2.56 bits per heavy atom. The summed E-state index contributed by atoms with van der Waals surface area (Å²) in [5.41, 5.74) is 8.02. The number of nitrogens with zero attached hydrogens (tertiary/aromatic N) is 1. The van der Waals surface area contributed by atoms with Crippen LogP contribution in [0, 0.1) is 0 Å². The molecule has 0 amide bonds. The Bertz CT molecular complexity index is 338. The van der Waals surface area contributed by atoms with E-state index in [-0.39, 0.29) is 0 Å². The van der Waals surface area contributed by atoms with Crippen molar-refractivity contribution in [3.63, 3.8) is 0 Å². The fraction of sp³-hybridized carbons (Fsp3) is 0.571. The summed E-state index contributed by atoms with van der Waals surface area (Å²) in [4.78, 5) is 2.60. The van der Waals surface area contributed by atoms with Crippen LogP contribution in [0.1, 0.15) is 38.7 Å². The lowest BCUT2D eigenvalue weighted by atomic mass is 9.97. The van der Waals surface area contributed by atoms with Gasteiger partial charge in [0.1, 0.15) is 0 Å². The SMILES string of the molecule is CC1CCCC(C)N1Cc1cccc(N)c1. The minimum absolute atomic E-state index is 0.699. The lowest BCUT2D eigenvalue weighted by Gasteiger charge is -2.39. The van der Waals surface area contributed by atoms with Gasteiger partial charge in [-0.15, -0.1) is 0 Å². The summed E-state index contributed by atoms with van der Waals surface area (Å²) in [6, 6.07) is 9.66. The molecule has 2 heteroatoms. The van der Waals surface area contributed by atoms with Gasteiger partial charge < -0.3 is 5.73 Å². The zero-order valence-electron chi connectivity index (χ0n) is 10.3. The van der Waals surface area contributed by atoms with Gasteiger partial charge in [-0.05, 0) is 44.4 Å². The number of piperidine rings is 1. The first-order chi connectivity index (χ1) is 7.66. The van der Waals surface area contributed by atoms with Gasteiger partial charge in [-0.1, -0.05) is 18.6 Å². The smallest absolute Gasteiger partial charge is 0.0317 e. The van der Waals surface area contributed by atoms with E-state index in [9.17, 15) is 0 Å². The largest absolute Gasteiger partial charge is 0.399 e. The average Bonchev–Trinajstić information content (AvgIpc) is 2.24. The van der Waals surface area contributed by atoms with Crippen LogP contribution >= 0.6 is 0 Å². The molecule has 16 heavy (non-hydrogen) atoms. The van der Waals surface area contributed by atoms with Crippen LogP contribution in [0.15, 0.2) is 24.3 Å². The van der Waals surface area contributed by atoms with Crippen molar-refractivity contribution in [1.82, 2.24) is 4.90 Å². The Balaban J connectivity index is 2.07. The maximum atomic E-state index is 5.81. The molecule has 1 fully saturated rings. The van der Waals surface area contributed by atoms with E-state index in [1.165, 1.54) is 24.8 Å². The topological polar surface area (TPSA) is 29.3 Å². The molecule has 2 nitrogen and oxygen atoms in total. The summed E-state index contributed by atoms with van der Waals surface area (Å²) < 4.78 is 0. The zero-order chi connectivity index (χ0) is 11.5. The predicted molar refractivity (Wildman–Crippen MR) is 69.2 cm³/mol. The lowest BCUT2D eigenvalue weighted by Crippen LogP contribution is -2.42. The van der Waals surface area contributed by atoms with E-state index in [0.717, 1.165) is 12.2 Å². The molecule has 0 bridgehead atoms. The van der Waals surface area contributed by atoms with E-state index < -0.39 is 0 Å². The maximum absolute atomic E-state index is 5.81. The van der Waals surface area contributed by atoms with E-state index in [0.29, 0.717) is 12.1 Å². The fourth-order valence-corrected chi connectivity index (χ4v) is 2.69. The van der Waals surface area contributed by atoms with Gasteiger partial charge in [0, 0.05) is 24.3 Å². The lowest BCUT2D eigenvalue weighted by molar-refractivity contribution is 0.0953. The van der Waals surface area contributed by atoms with Gasteiger partial charge in [0.25, 0.3) is 0 Å². The van der Waals surface area contributed by atoms with Crippen LogP contribution in [0.5, 0.6) is 0 Å². The monoisotopic (exact) mass is 218 g/mol. The Morgan fingerprint density at radius 2 is 1.94 bits per heavy atom. The highest BCUT2D eigenvalue weighted by Crippen LogP contribution is 2.24. The third-order valence-electron chi connectivity index (χ3n) is 3.69. The van der Waals surface area contributed by atoms with Gasteiger partial charge in [0.05, 0.1) is 0 Å². The van der Waals surface area contributed by atoms with Crippen molar-refractivity contribution in [2.75, 3.05) is 5.73 Å². The Morgan fingerprint density at radius 1 is 1.25 bits per heavy atom. The van der Waals surface area contributed by atoms with Crippen LogP contribution in [0.25, 0.3) is 0 Å². The molecule has 1 heterocycles. The molecule has 2 atom stereocenters. The standard InChI is InChI=1S/C14H22N2/c1-11-5-3-6-12(2)16(11)10-13-7-4-8-14(15)9-13/h4,7-9,11-12H,3,5-6,10,15H2,1-2H3. The number of anilines is 1. The highest BCUT2D eigenvalue weighted by molar-refractivity contribution is 5.40. The first-order valence-corrected chi connectivity index (χ1v) is 6.27. The van der Waals surface area contributed by atoms with Gasteiger partial charge in [-0.25, -0.2) is 0 Å². The average molecular weight is 218 g/mol. The van der Waals surface area contributed by atoms with E-state index in [2.05, 4.69) is 30.9 Å². The van der Waals surface area contributed by atoms with Crippen molar-refractivity contribution >= 4 is 5.69 Å². The predicted octanol–water partition coefficient (Wildman–Crippen LogP) is 3.03. The summed E-state index contributed by atoms with van der Waals surface area (Å²) in [5.74, 6) is 0. The molecule has 1 saturated heterocycles. The Kier molecular flexibility index (Phi) is 3.49. The third-order valence-corrected chi connectivity index (χ3v) is 3.69. The molecule has 1 aromatic rings. The van der Waals surface area contributed by atoms with Crippen molar-refractivity contribution in [2.45, 2.75) is 51.7 Å². The van der Waals surface area contributed by atoms with E-state index in [1.54, 1.807) is 0 Å². The van der Waals surface area contributed by atoms with Gasteiger partial charge in [-0.3, -0.25) is 4.90 Å². The normalized spacial score (nSPS) is 26.9. The summed E-state index contributed by atoms with van der Waals surface area (Å²) in [6.07, 6.45) is 4.02. The van der Waals surface area contributed by atoms with Crippen molar-refractivity contribution in [3.05, 3.63) is 29.8 Å². The van der Waals surface area contributed by atoms with Gasteiger partial charge in [-0.2, -0.15) is 0 Å². The van der Waals surface area contributed by atoms with Crippen LogP contribution in [0.4, 0.5) is 5.69 Å². The number of likely N-dealkylation sites (tertiary alicyclic amines) is 1. The number of nitrogen functional groups attached to an aromatic ring is 1. The summed E-state index contributed by atoms with van der Waals surface area (Å²) in [7, 11) is 0. The highest BCUT2D eigenvalue weighted by atomic mass is 15.2. The van der Waals surface area contributed by atoms with Crippen LogP contribution in [0.3, 0.4) is 0 Å². The molecule has 0 aliphatic carbocycles. The minimum Gasteiger partial charge on any atom is -0.399 e. The zero-order valence-corrected chi connectivity index (χ0v) is 10.3. The number of hydrogen-bond donors (Lipinski definition) is 1. The molecule has 88 valence electrons. The van der Waals surface area contributed by atoms with Crippen molar-refractivity contribution in [2.24, 2.45) is 0 Å². The van der Waals surface area contributed by atoms with Crippen LogP contribution in [-0.2, 0) is 6.54 Å². The maximum Gasteiger partial charge on any atom is 0.0317 e. The molecule has 0 saturated carbocycles. The second-order valence-electron chi connectivity index (χ2n) is 5.05.